The van der Waals surface area contributed by atoms with Crippen LogP contribution in [0.5, 0.6) is 0 Å². The van der Waals surface area contributed by atoms with E-state index in [9.17, 15) is 0 Å². The van der Waals surface area contributed by atoms with Gasteiger partial charge in [-0.15, -0.1) is 0 Å². The summed E-state index contributed by atoms with van der Waals surface area (Å²) in [6.45, 7) is 10.1. The quantitative estimate of drug-likeness (QED) is 0.810. The predicted octanol–water partition coefficient (Wildman–Crippen LogP) is 1.17. The summed E-state index contributed by atoms with van der Waals surface area (Å²) in [7, 11) is -0.392. The molecule has 0 spiro atoms. The van der Waals surface area contributed by atoms with E-state index in [1.807, 2.05) is 46.8 Å². The summed E-state index contributed by atoms with van der Waals surface area (Å²) in [5, 5.41) is 12.1. The molecule has 6 heteroatoms. The van der Waals surface area contributed by atoms with Gasteiger partial charge in [0.15, 0.2) is 0 Å². The zero-order valence-corrected chi connectivity index (χ0v) is 12.8. The molecule has 1 aromatic heterocycles. The molecule has 1 aliphatic heterocycles. The monoisotopic (exact) mass is 278 g/mol. The number of aliphatic hydroxyl groups excluding tert-OH is 1. The fourth-order valence-electron chi connectivity index (χ4n) is 1.91. The second-order valence-electron chi connectivity index (χ2n) is 6.29. The fraction of sp³-hybridized carbons (Fsp3) is 0.643. The Bertz CT molecular complexity index is 446. The van der Waals surface area contributed by atoms with Crippen LogP contribution in [0, 0.1) is 0 Å². The number of aromatic nitrogens is 1. The van der Waals surface area contributed by atoms with Gasteiger partial charge in [0.2, 0.25) is 0 Å². The van der Waals surface area contributed by atoms with Gasteiger partial charge in [-0.1, -0.05) is 6.07 Å². The molecule has 110 valence electrons. The Hall–Kier alpha value is -1.11. The van der Waals surface area contributed by atoms with Crippen LogP contribution in [0.1, 0.15) is 34.6 Å². The van der Waals surface area contributed by atoms with Gasteiger partial charge in [0.1, 0.15) is 5.82 Å². The van der Waals surface area contributed by atoms with E-state index < -0.39 is 7.12 Å². The molecule has 2 heterocycles. The van der Waals surface area contributed by atoms with Gasteiger partial charge in [-0.3, -0.25) is 0 Å². The minimum absolute atomic E-state index is 0.0230. The Balaban J connectivity index is 2.08. The summed E-state index contributed by atoms with van der Waals surface area (Å²) in [6.07, 6.45) is 1.74. The average Bonchev–Trinajstić information content (AvgIpc) is 2.59. The van der Waals surface area contributed by atoms with Crippen LogP contribution in [-0.2, 0) is 9.31 Å². The highest BCUT2D eigenvalue weighted by Gasteiger charge is 2.51. The summed E-state index contributed by atoms with van der Waals surface area (Å²) in [5.74, 6) is 0.729. The molecule has 20 heavy (non-hydrogen) atoms. The normalized spacial score (nSPS) is 21.8. The first-order valence-corrected chi connectivity index (χ1v) is 6.94. The van der Waals surface area contributed by atoms with Crippen molar-refractivity contribution in [1.82, 2.24) is 4.98 Å². The summed E-state index contributed by atoms with van der Waals surface area (Å²) < 4.78 is 11.9. The molecule has 0 bridgehead atoms. The van der Waals surface area contributed by atoms with Gasteiger partial charge in [-0.05, 0) is 40.7 Å². The number of rotatable bonds is 4. The maximum absolute atomic E-state index is 9.01. The predicted molar refractivity (Wildman–Crippen MR) is 80.1 cm³/mol. The van der Waals surface area contributed by atoms with Crippen molar-refractivity contribution in [3.8, 4) is 0 Å². The lowest BCUT2D eigenvalue weighted by atomic mass is 9.80. The van der Waals surface area contributed by atoms with Gasteiger partial charge in [0, 0.05) is 17.7 Å². The maximum Gasteiger partial charge on any atom is 0.496 e. The number of nitrogens with one attached hydrogen (secondary N) is 1. The van der Waals surface area contributed by atoms with Crippen LogP contribution >= 0.6 is 0 Å². The summed E-state index contributed by atoms with van der Waals surface area (Å²) >= 11 is 0. The number of nitrogens with zero attached hydrogens (tertiary/aromatic N) is 1. The number of anilines is 1. The van der Waals surface area contributed by atoms with E-state index in [2.05, 4.69) is 10.3 Å². The number of pyridine rings is 1. The molecule has 0 aliphatic carbocycles. The first-order valence-electron chi connectivity index (χ1n) is 6.94. The van der Waals surface area contributed by atoms with Crippen molar-refractivity contribution in [3.05, 3.63) is 18.3 Å². The number of aliphatic hydroxyl groups is 1. The second kappa shape index (κ2) is 5.35. The molecular formula is C14H23BN2O3. The molecule has 0 radical (unpaired) electrons. The third-order valence-corrected chi connectivity index (χ3v) is 3.98. The lowest BCUT2D eigenvalue weighted by Gasteiger charge is -2.32. The molecule has 1 atom stereocenters. The third kappa shape index (κ3) is 2.97. The molecule has 1 fully saturated rings. The highest BCUT2D eigenvalue weighted by Crippen LogP contribution is 2.36. The lowest BCUT2D eigenvalue weighted by Crippen LogP contribution is -2.41. The van der Waals surface area contributed by atoms with E-state index in [1.54, 1.807) is 6.20 Å². The molecule has 0 saturated carbocycles. The van der Waals surface area contributed by atoms with Crippen LogP contribution in [0.2, 0.25) is 0 Å². The SMILES string of the molecule is CC(CO)Nc1ccc(B2OC(C)(C)C(C)(C)O2)cn1. The molecule has 0 amide bonds. The Morgan fingerprint density at radius 2 is 1.85 bits per heavy atom. The van der Waals surface area contributed by atoms with Crippen molar-refractivity contribution in [1.29, 1.82) is 0 Å². The highest BCUT2D eigenvalue weighted by atomic mass is 16.7. The van der Waals surface area contributed by atoms with Crippen LogP contribution in [0.15, 0.2) is 18.3 Å². The molecule has 1 saturated heterocycles. The van der Waals surface area contributed by atoms with Gasteiger partial charge < -0.3 is 19.7 Å². The van der Waals surface area contributed by atoms with Gasteiger partial charge in [-0.2, -0.15) is 0 Å². The van der Waals surface area contributed by atoms with Gasteiger partial charge in [0.05, 0.1) is 17.8 Å². The Morgan fingerprint density at radius 1 is 1.25 bits per heavy atom. The Kier molecular flexibility index (Phi) is 4.09. The van der Waals surface area contributed by atoms with E-state index >= 15 is 0 Å². The highest BCUT2D eigenvalue weighted by molar-refractivity contribution is 6.62. The average molecular weight is 278 g/mol. The molecule has 2 N–H and O–H groups in total. The smallest absolute Gasteiger partial charge is 0.399 e. The van der Waals surface area contributed by atoms with Crippen LogP contribution in [0.4, 0.5) is 5.82 Å². The van der Waals surface area contributed by atoms with E-state index in [4.69, 9.17) is 14.4 Å². The van der Waals surface area contributed by atoms with E-state index in [1.165, 1.54) is 0 Å². The minimum Gasteiger partial charge on any atom is -0.399 e. The van der Waals surface area contributed by atoms with Gasteiger partial charge in [0.25, 0.3) is 0 Å². The zero-order valence-electron chi connectivity index (χ0n) is 12.8. The number of hydrogen-bond donors (Lipinski definition) is 2. The van der Waals surface area contributed by atoms with Gasteiger partial charge >= 0.3 is 7.12 Å². The fourth-order valence-corrected chi connectivity index (χ4v) is 1.91. The molecular weight excluding hydrogens is 255 g/mol. The minimum atomic E-state index is -0.392. The maximum atomic E-state index is 9.01. The summed E-state index contributed by atoms with van der Waals surface area (Å²) in [5.41, 5.74) is 0.200. The first-order chi connectivity index (χ1) is 9.25. The summed E-state index contributed by atoms with van der Waals surface area (Å²) in [4.78, 5) is 4.32. The largest absolute Gasteiger partial charge is 0.496 e. The number of hydrogen-bond acceptors (Lipinski definition) is 5. The zero-order chi connectivity index (χ0) is 15.0. The van der Waals surface area contributed by atoms with Crippen LogP contribution in [0.25, 0.3) is 0 Å². The topological polar surface area (TPSA) is 63.6 Å². The third-order valence-electron chi connectivity index (χ3n) is 3.98. The Labute approximate surface area is 120 Å². The van der Waals surface area contributed by atoms with E-state index in [0.29, 0.717) is 0 Å². The van der Waals surface area contributed by atoms with E-state index in [0.717, 1.165) is 11.3 Å². The molecule has 1 unspecified atom stereocenters. The first kappa shape index (κ1) is 15.3. The van der Waals surface area contributed by atoms with Crippen molar-refractivity contribution < 1.29 is 14.4 Å². The molecule has 5 nitrogen and oxygen atoms in total. The van der Waals surface area contributed by atoms with Crippen LogP contribution < -0.4 is 10.8 Å². The Morgan fingerprint density at radius 3 is 2.30 bits per heavy atom. The van der Waals surface area contributed by atoms with Crippen molar-refractivity contribution >= 4 is 18.4 Å². The van der Waals surface area contributed by atoms with Crippen molar-refractivity contribution in [2.75, 3.05) is 11.9 Å². The summed E-state index contributed by atoms with van der Waals surface area (Å²) in [6, 6.07) is 3.78. The molecule has 1 aliphatic rings. The van der Waals surface area contributed by atoms with Crippen LogP contribution in [0.3, 0.4) is 0 Å². The molecule has 2 rings (SSSR count). The molecule has 1 aromatic rings. The van der Waals surface area contributed by atoms with Crippen molar-refractivity contribution in [2.45, 2.75) is 51.9 Å². The standard InChI is InChI=1S/C14H23BN2O3/c1-10(9-18)17-12-7-6-11(8-16-12)15-19-13(2,3)14(4,5)20-15/h6-8,10,18H,9H2,1-5H3,(H,16,17). The lowest BCUT2D eigenvalue weighted by molar-refractivity contribution is 0.00578. The van der Waals surface area contributed by atoms with Crippen molar-refractivity contribution in [2.24, 2.45) is 0 Å². The van der Waals surface area contributed by atoms with Crippen molar-refractivity contribution in [3.63, 3.8) is 0 Å². The van der Waals surface area contributed by atoms with E-state index in [-0.39, 0.29) is 23.9 Å². The molecule has 0 aromatic carbocycles. The van der Waals surface area contributed by atoms with Crippen LogP contribution in [-0.4, -0.2) is 41.1 Å². The second-order valence-corrected chi connectivity index (χ2v) is 6.29. The van der Waals surface area contributed by atoms with Gasteiger partial charge in [-0.25, -0.2) is 4.98 Å².